The first-order valence-electron chi connectivity index (χ1n) is 9.40. The summed E-state index contributed by atoms with van der Waals surface area (Å²) in [6, 6.07) is 4.24. The molecule has 1 aliphatic carbocycles. The van der Waals surface area contributed by atoms with Crippen LogP contribution in [0.5, 0.6) is 0 Å². The van der Waals surface area contributed by atoms with Crippen LogP contribution >= 0.6 is 0 Å². The number of allylic oxidation sites excluding steroid dienone is 1. The molecule has 0 atom stereocenters. The molecule has 1 saturated heterocycles. The lowest BCUT2D eigenvalue weighted by Gasteiger charge is -2.36. The largest absolute Gasteiger partial charge is 0.450 e. The number of aryl methyl sites for hydroxylation is 1. The quantitative estimate of drug-likeness (QED) is 0.812. The van der Waals surface area contributed by atoms with Gasteiger partial charge in [-0.2, -0.15) is 10.4 Å². The number of hydrogen-bond donors (Lipinski definition) is 0. The third kappa shape index (κ3) is 3.20. The number of carbonyl (C=O) groups is 1. The zero-order valence-corrected chi connectivity index (χ0v) is 16.1. The number of nitrogens with zero attached hydrogens (tertiary/aromatic N) is 6. The van der Waals surface area contributed by atoms with Crippen LogP contribution < -0.4 is 4.90 Å². The van der Waals surface area contributed by atoms with Gasteiger partial charge in [-0.3, -0.25) is 9.67 Å². The SMILES string of the molecule is CCOC(=O)N1CCN(c2ccnc3c2C=C(c2nn(C)cc2C#N)C3)CC1. The zero-order chi connectivity index (χ0) is 19.7. The number of hydrogen-bond acceptors (Lipinski definition) is 6. The Morgan fingerprint density at radius 3 is 2.82 bits per heavy atom. The van der Waals surface area contributed by atoms with E-state index in [1.807, 2.05) is 26.2 Å². The van der Waals surface area contributed by atoms with Gasteiger partial charge >= 0.3 is 6.09 Å². The molecule has 28 heavy (non-hydrogen) atoms. The van der Waals surface area contributed by atoms with Gasteiger partial charge in [-0.25, -0.2) is 4.79 Å². The van der Waals surface area contributed by atoms with Crippen molar-refractivity contribution in [3.63, 3.8) is 0 Å². The van der Waals surface area contributed by atoms with E-state index in [1.165, 1.54) is 0 Å². The van der Waals surface area contributed by atoms with E-state index in [9.17, 15) is 10.1 Å². The molecule has 0 saturated carbocycles. The maximum absolute atomic E-state index is 11.9. The first-order chi connectivity index (χ1) is 13.6. The van der Waals surface area contributed by atoms with Crippen molar-refractivity contribution >= 4 is 23.4 Å². The van der Waals surface area contributed by atoms with Crippen LogP contribution in [0.25, 0.3) is 11.6 Å². The Balaban J connectivity index is 1.57. The number of ether oxygens (including phenoxy) is 1. The second kappa shape index (κ2) is 7.35. The number of amides is 1. The Labute approximate surface area is 163 Å². The van der Waals surface area contributed by atoms with Crippen LogP contribution in [-0.2, 0) is 18.2 Å². The number of rotatable bonds is 3. The summed E-state index contributed by atoms with van der Waals surface area (Å²) in [4.78, 5) is 20.5. The molecule has 1 amide bonds. The lowest BCUT2D eigenvalue weighted by atomic mass is 10.1. The summed E-state index contributed by atoms with van der Waals surface area (Å²) in [6.45, 7) is 4.95. The molecule has 0 unspecified atom stereocenters. The molecule has 1 aliphatic heterocycles. The van der Waals surface area contributed by atoms with Gasteiger partial charge in [0, 0.05) is 63.3 Å². The predicted octanol–water partition coefficient (Wildman–Crippen LogP) is 2.06. The van der Waals surface area contributed by atoms with E-state index in [1.54, 1.807) is 15.8 Å². The molecule has 2 aliphatic rings. The van der Waals surface area contributed by atoms with Gasteiger partial charge in [-0.15, -0.1) is 0 Å². The highest BCUT2D eigenvalue weighted by Gasteiger charge is 2.27. The number of anilines is 1. The average Bonchev–Trinajstić information content (AvgIpc) is 3.31. The van der Waals surface area contributed by atoms with Crippen LogP contribution in [0.15, 0.2) is 18.5 Å². The molecule has 144 valence electrons. The van der Waals surface area contributed by atoms with Crippen molar-refractivity contribution in [2.45, 2.75) is 13.3 Å². The van der Waals surface area contributed by atoms with E-state index < -0.39 is 0 Å². The van der Waals surface area contributed by atoms with Crippen LogP contribution in [0.2, 0.25) is 0 Å². The Kier molecular flexibility index (Phi) is 4.74. The van der Waals surface area contributed by atoms with E-state index in [2.05, 4.69) is 27.1 Å². The van der Waals surface area contributed by atoms with Crippen LogP contribution in [0.4, 0.5) is 10.5 Å². The summed E-state index contributed by atoms with van der Waals surface area (Å²) >= 11 is 0. The van der Waals surface area contributed by atoms with Gasteiger partial charge in [-0.1, -0.05) is 0 Å². The van der Waals surface area contributed by atoms with Crippen molar-refractivity contribution in [1.82, 2.24) is 19.7 Å². The lowest BCUT2D eigenvalue weighted by Crippen LogP contribution is -2.49. The molecule has 0 spiro atoms. The fourth-order valence-electron chi connectivity index (χ4n) is 3.79. The highest BCUT2D eigenvalue weighted by molar-refractivity contribution is 5.92. The summed E-state index contributed by atoms with van der Waals surface area (Å²) in [5.41, 5.74) is 5.49. The molecular weight excluding hydrogens is 356 g/mol. The molecule has 0 N–H and O–H groups in total. The molecule has 2 aromatic heterocycles. The smallest absolute Gasteiger partial charge is 0.409 e. The Hall–Kier alpha value is -3.34. The van der Waals surface area contributed by atoms with E-state index in [4.69, 9.17) is 4.74 Å². The van der Waals surface area contributed by atoms with Crippen molar-refractivity contribution < 1.29 is 9.53 Å². The van der Waals surface area contributed by atoms with E-state index in [0.717, 1.165) is 41.3 Å². The fraction of sp³-hybridized carbons (Fsp3) is 0.400. The summed E-state index contributed by atoms with van der Waals surface area (Å²) in [7, 11) is 1.82. The number of carbonyl (C=O) groups excluding carboxylic acids is 1. The number of piperazine rings is 1. The molecule has 0 bridgehead atoms. The number of fused-ring (bicyclic) bond motifs is 1. The fourth-order valence-corrected chi connectivity index (χ4v) is 3.79. The Bertz CT molecular complexity index is 979. The third-order valence-corrected chi connectivity index (χ3v) is 5.13. The van der Waals surface area contributed by atoms with Gasteiger partial charge in [0.2, 0.25) is 0 Å². The van der Waals surface area contributed by atoms with Crippen molar-refractivity contribution in [3.8, 4) is 6.07 Å². The molecule has 0 radical (unpaired) electrons. The van der Waals surface area contributed by atoms with Crippen LogP contribution in [-0.4, -0.2) is 58.5 Å². The lowest BCUT2D eigenvalue weighted by molar-refractivity contribution is 0.105. The standard InChI is InChI=1S/C20H22N6O2/c1-3-28-20(27)26-8-6-25(7-9-26)18-4-5-22-17-11-14(10-16(17)18)19-15(12-21)13-24(2)23-19/h4-5,10,13H,3,6-9,11H2,1-2H3. The van der Waals surface area contributed by atoms with Crippen molar-refractivity contribution in [1.29, 1.82) is 5.26 Å². The van der Waals surface area contributed by atoms with Crippen molar-refractivity contribution in [2.24, 2.45) is 7.05 Å². The van der Waals surface area contributed by atoms with Gasteiger partial charge in [-0.05, 0) is 24.6 Å². The minimum absolute atomic E-state index is 0.247. The third-order valence-electron chi connectivity index (χ3n) is 5.13. The number of pyridine rings is 1. The second-order valence-electron chi connectivity index (χ2n) is 6.89. The van der Waals surface area contributed by atoms with Crippen LogP contribution in [0.3, 0.4) is 0 Å². The van der Waals surface area contributed by atoms with Crippen LogP contribution in [0.1, 0.15) is 29.4 Å². The highest BCUT2D eigenvalue weighted by Crippen LogP contribution is 2.36. The first-order valence-corrected chi connectivity index (χ1v) is 9.40. The highest BCUT2D eigenvalue weighted by atomic mass is 16.6. The summed E-state index contributed by atoms with van der Waals surface area (Å²) in [6.07, 6.45) is 6.08. The van der Waals surface area contributed by atoms with Crippen LogP contribution in [0, 0.1) is 11.3 Å². The maximum Gasteiger partial charge on any atom is 0.409 e. The average molecular weight is 378 g/mol. The van der Waals surface area contributed by atoms with Crippen molar-refractivity contribution in [2.75, 3.05) is 37.7 Å². The molecular formula is C20H22N6O2. The predicted molar refractivity (Wildman–Crippen MR) is 105 cm³/mol. The summed E-state index contributed by atoms with van der Waals surface area (Å²) < 4.78 is 6.76. The monoisotopic (exact) mass is 378 g/mol. The van der Waals surface area contributed by atoms with E-state index in [-0.39, 0.29) is 6.09 Å². The van der Waals surface area contributed by atoms with Crippen molar-refractivity contribution in [3.05, 3.63) is 41.0 Å². The molecule has 3 heterocycles. The minimum atomic E-state index is -0.247. The van der Waals surface area contributed by atoms with Gasteiger partial charge < -0.3 is 14.5 Å². The van der Waals surface area contributed by atoms with E-state index >= 15 is 0 Å². The van der Waals surface area contributed by atoms with E-state index in [0.29, 0.717) is 31.7 Å². The zero-order valence-electron chi connectivity index (χ0n) is 16.1. The molecule has 4 rings (SSSR count). The number of aromatic nitrogens is 3. The van der Waals surface area contributed by atoms with Gasteiger partial charge in [0.25, 0.3) is 0 Å². The second-order valence-corrected chi connectivity index (χ2v) is 6.89. The molecule has 8 heteroatoms. The Morgan fingerprint density at radius 1 is 1.32 bits per heavy atom. The molecule has 8 nitrogen and oxygen atoms in total. The summed E-state index contributed by atoms with van der Waals surface area (Å²) in [5.74, 6) is 0. The first kappa shape index (κ1) is 18.0. The van der Waals surface area contributed by atoms with Gasteiger partial charge in [0.1, 0.15) is 11.8 Å². The molecule has 0 aromatic carbocycles. The molecule has 2 aromatic rings. The van der Waals surface area contributed by atoms with Gasteiger partial charge in [0.05, 0.1) is 17.9 Å². The van der Waals surface area contributed by atoms with Gasteiger partial charge in [0.15, 0.2) is 0 Å². The summed E-state index contributed by atoms with van der Waals surface area (Å²) in [5, 5.41) is 13.8. The minimum Gasteiger partial charge on any atom is -0.450 e. The normalized spacial score (nSPS) is 15.8. The number of nitriles is 1. The Morgan fingerprint density at radius 2 is 2.11 bits per heavy atom. The molecule has 1 fully saturated rings. The maximum atomic E-state index is 11.9. The topological polar surface area (TPSA) is 87.3 Å².